The molecule has 522 valence electrons. The van der Waals surface area contributed by atoms with Crippen molar-refractivity contribution in [2.24, 2.45) is 0 Å². The van der Waals surface area contributed by atoms with Gasteiger partial charge in [-0.15, -0.1) is 0 Å². The molecule has 0 unspecified atom stereocenters. The number of fused-ring (bicyclic) bond motifs is 8. The third kappa shape index (κ3) is 15.0. The highest BCUT2D eigenvalue weighted by Crippen LogP contribution is 2.45. The average Bonchev–Trinajstić information content (AvgIpc) is 1.57. The van der Waals surface area contributed by atoms with Gasteiger partial charge in [0.05, 0.1) is 95.1 Å². The zero-order chi connectivity index (χ0) is 72.5. The average molecular weight is 1420 g/mol. The molecule has 0 aliphatic heterocycles. The lowest BCUT2D eigenvalue weighted by molar-refractivity contribution is -0.137. The van der Waals surface area contributed by atoms with Crippen LogP contribution in [0.4, 0.5) is 18.4 Å². The summed E-state index contributed by atoms with van der Waals surface area (Å²) in [6.45, 7) is 16.5. The molecule has 28 heteroatoms. The quantitative estimate of drug-likeness (QED) is 0.0330. The minimum atomic E-state index is -1.01. The van der Waals surface area contributed by atoms with Crippen molar-refractivity contribution in [3.63, 3.8) is 0 Å². The fourth-order valence-electron chi connectivity index (χ4n) is 11.4. The van der Waals surface area contributed by atoms with Gasteiger partial charge < -0.3 is 66.7 Å². The van der Waals surface area contributed by atoms with Crippen molar-refractivity contribution >= 4 is 125 Å². The molecule has 0 radical (unpaired) electrons. The normalized spacial score (nSPS) is 12.3. The van der Waals surface area contributed by atoms with Gasteiger partial charge >= 0.3 is 36.1 Å². The number of alkyl carbamates (subject to hydrolysis) is 2. The van der Waals surface area contributed by atoms with Gasteiger partial charge in [-0.3, -0.25) is 4.79 Å². The number of H-pyrrole nitrogens is 1. The number of nitrogens with zero attached hydrogens (tertiary/aromatic N) is 5. The molecule has 12 rings (SSSR count). The molecule has 0 bridgehead atoms. The van der Waals surface area contributed by atoms with Crippen LogP contribution in [0.1, 0.15) is 101 Å². The largest absolute Gasteiger partial charge is 0.481 e. The number of methoxy groups -OCH3 is 1. The zero-order valence-electron chi connectivity index (χ0n) is 56.3. The summed E-state index contributed by atoms with van der Waals surface area (Å²) < 4.78 is 83.6. The number of halogens is 4. The Morgan fingerprint density at radius 3 is 1.49 bits per heavy atom. The highest BCUT2D eigenvalue weighted by Gasteiger charge is 2.34. The van der Waals surface area contributed by atoms with E-state index in [4.69, 9.17) is 65.2 Å². The van der Waals surface area contributed by atoms with Crippen LogP contribution < -0.4 is 30.4 Å². The summed E-state index contributed by atoms with van der Waals surface area (Å²) in [5, 5.41) is 7.48. The summed E-state index contributed by atoms with van der Waals surface area (Å²) in [5.41, 5.74) is 2.12. The van der Waals surface area contributed by atoms with Crippen molar-refractivity contribution < 1.29 is 79.5 Å². The number of carbonyl (C=O) groups excluding carboxylic acids is 6. The smallest absolute Gasteiger partial charge is 0.408 e. The molecule has 0 aliphatic carbocycles. The third-order valence-corrected chi connectivity index (χ3v) is 16.2. The Hall–Kier alpha value is -11.4. The standard InChI is InChI=1S/C37H34ClFN4O8.C36H32ClFN4O8/c1-7-48-35(45)30-28(24-9-8-13-40-33(24)47-6)29-27(17-25(39)23-12-14-49-31(23)29)43(30)18-21-15-20-10-11-22(16-26(20)42-32(21)38)50-34(44)19(2)41-36(46)51-37(3,4)5;1-6-47-34(45)29-27(23-8-7-12-39-32(23)43)28-26(16-24(38)22-11-13-48-30(22)28)42(29)17-20-14-19-9-10-21(15-25(19)41-31(20)37)49-33(44)18(2)40-35(46)50-36(3,4)5/h8-17,19H,7,18H2,1-6H3,(H,41,46);7-16,18H,6,17H2,1-5H3,(H,39,43)(H,40,46)/t19-;18-/m00/s1. The summed E-state index contributed by atoms with van der Waals surface area (Å²) in [6.07, 6.45) is 4.22. The Balaban J connectivity index is 0.000000203. The van der Waals surface area contributed by atoms with Crippen molar-refractivity contribution in [2.75, 3.05) is 20.3 Å². The van der Waals surface area contributed by atoms with E-state index >= 15 is 8.78 Å². The Bertz CT molecular complexity index is 5360. The maximum Gasteiger partial charge on any atom is 0.408 e. The summed E-state index contributed by atoms with van der Waals surface area (Å²) in [7, 11) is 1.46. The number of aromatic amines is 1. The maximum atomic E-state index is 15.6. The molecule has 0 saturated carbocycles. The number of rotatable bonds is 17. The monoisotopic (exact) mass is 1420 g/mol. The van der Waals surface area contributed by atoms with E-state index in [1.807, 2.05) is 0 Å². The molecular formula is C73H66Cl2F2N8O16. The Morgan fingerprint density at radius 1 is 0.614 bits per heavy atom. The van der Waals surface area contributed by atoms with Crippen LogP contribution >= 0.6 is 23.2 Å². The van der Waals surface area contributed by atoms with Crippen molar-refractivity contribution in [3.8, 4) is 39.6 Å². The molecule has 101 heavy (non-hydrogen) atoms. The Kier molecular flexibility index (Phi) is 20.2. The molecule has 24 nitrogen and oxygen atoms in total. The van der Waals surface area contributed by atoms with Crippen LogP contribution in [0.25, 0.3) is 87.8 Å². The fourth-order valence-corrected chi connectivity index (χ4v) is 11.8. The van der Waals surface area contributed by atoms with E-state index in [9.17, 15) is 33.6 Å². The van der Waals surface area contributed by atoms with Crippen LogP contribution in [0, 0.1) is 11.6 Å². The lowest BCUT2D eigenvalue weighted by atomic mass is 10.0. The van der Waals surface area contributed by atoms with Gasteiger partial charge in [0.15, 0.2) is 0 Å². The molecule has 0 aliphatic rings. The zero-order valence-corrected chi connectivity index (χ0v) is 57.8. The molecular weight excluding hydrogens is 1350 g/mol. The second-order valence-corrected chi connectivity index (χ2v) is 25.7. The number of pyridine rings is 4. The van der Waals surface area contributed by atoms with Crippen LogP contribution in [0.15, 0.2) is 136 Å². The summed E-state index contributed by atoms with van der Waals surface area (Å²) in [6, 6.07) is 23.3. The van der Waals surface area contributed by atoms with Crippen LogP contribution in [0.5, 0.6) is 17.4 Å². The van der Waals surface area contributed by atoms with Crippen LogP contribution in [0.3, 0.4) is 0 Å². The third-order valence-electron chi connectivity index (χ3n) is 15.6. The minimum absolute atomic E-state index is 0.00520. The number of benzene rings is 4. The van der Waals surface area contributed by atoms with Crippen molar-refractivity contribution in [3.05, 3.63) is 177 Å². The van der Waals surface area contributed by atoms with Crippen LogP contribution in [-0.2, 0) is 41.6 Å². The highest BCUT2D eigenvalue weighted by molar-refractivity contribution is 6.31. The summed E-state index contributed by atoms with van der Waals surface area (Å²) in [5.74, 6) is -3.42. The first-order chi connectivity index (χ1) is 48.0. The second kappa shape index (κ2) is 28.8. The molecule has 8 heterocycles. The topological polar surface area (TPSA) is 299 Å². The number of ether oxygens (including phenoxy) is 7. The van der Waals surface area contributed by atoms with E-state index in [-0.39, 0.29) is 104 Å². The Labute approximate surface area is 583 Å². The van der Waals surface area contributed by atoms with Crippen molar-refractivity contribution in [1.82, 2.24) is 39.7 Å². The van der Waals surface area contributed by atoms with E-state index in [1.165, 1.54) is 80.6 Å². The van der Waals surface area contributed by atoms with Gasteiger partial charge in [-0.1, -0.05) is 23.2 Å². The van der Waals surface area contributed by atoms with Gasteiger partial charge in [-0.25, -0.2) is 52.5 Å². The molecule has 0 saturated heterocycles. The number of nitrogens with one attached hydrogen (secondary N) is 3. The first-order valence-corrected chi connectivity index (χ1v) is 32.4. The first-order valence-electron chi connectivity index (χ1n) is 31.6. The number of carbonyl (C=O) groups is 6. The van der Waals surface area contributed by atoms with E-state index < -0.39 is 76.5 Å². The van der Waals surface area contributed by atoms with Gasteiger partial charge in [-0.2, -0.15) is 0 Å². The summed E-state index contributed by atoms with van der Waals surface area (Å²) in [4.78, 5) is 106. The van der Waals surface area contributed by atoms with Crippen LogP contribution in [0.2, 0.25) is 10.3 Å². The predicted octanol–water partition coefficient (Wildman–Crippen LogP) is 15.0. The van der Waals surface area contributed by atoms with E-state index in [0.717, 1.165) is 0 Å². The molecule has 0 spiro atoms. The van der Waals surface area contributed by atoms with E-state index in [0.29, 0.717) is 60.3 Å². The molecule has 12 aromatic rings. The SMILES string of the molecule is CCOC(=O)c1c(-c2ccc[nH]c2=O)c2c3occc3c(F)cc2n1Cc1cc2ccc(OC(=O)[C@H](C)NC(=O)OC(C)(C)C)cc2nc1Cl.CCOC(=O)c1c(-c2cccnc2OC)c2c3occc3c(F)cc2n1Cc1cc2ccc(OC(=O)[C@H](C)NC(=O)OC(C)(C)C)cc2nc1Cl. The van der Waals surface area contributed by atoms with Crippen molar-refractivity contribution in [1.29, 1.82) is 0 Å². The van der Waals surface area contributed by atoms with Gasteiger partial charge in [-0.05, 0) is 154 Å². The molecule has 3 N–H and O–H groups in total. The molecule has 0 fully saturated rings. The van der Waals surface area contributed by atoms with Gasteiger partial charge in [0.2, 0.25) is 5.88 Å². The Morgan fingerprint density at radius 2 is 1.06 bits per heavy atom. The number of hydrogen-bond donors (Lipinski definition) is 3. The molecule has 2 amide bonds. The number of esters is 4. The summed E-state index contributed by atoms with van der Waals surface area (Å²) >= 11 is 13.5. The first kappa shape index (κ1) is 70.9. The number of aromatic nitrogens is 6. The number of amides is 2. The molecule has 8 aromatic heterocycles. The molecule has 2 atom stereocenters. The molecule has 4 aromatic carbocycles. The highest BCUT2D eigenvalue weighted by atomic mass is 35.5. The maximum absolute atomic E-state index is 15.6. The van der Waals surface area contributed by atoms with E-state index in [1.54, 1.807) is 127 Å². The van der Waals surface area contributed by atoms with Gasteiger partial charge in [0, 0.05) is 63.1 Å². The lowest BCUT2D eigenvalue weighted by Gasteiger charge is -2.21. The second-order valence-electron chi connectivity index (χ2n) is 25.0. The van der Waals surface area contributed by atoms with Crippen molar-refractivity contribution in [2.45, 2.75) is 106 Å². The van der Waals surface area contributed by atoms with E-state index in [2.05, 4.69) is 30.6 Å². The minimum Gasteiger partial charge on any atom is -0.481 e. The fraction of sp³-hybridized carbons (Fsp3) is 0.260. The number of furan rings is 2. The lowest BCUT2D eigenvalue weighted by Crippen LogP contribution is -2.43. The predicted molar refractivity (Wildman–Crippen MR) is 372 cm³/mol. The van der Waals surface area contributed by atoms with Crippen LogP contribution in [-0.4, -0.2) is 109 Å². The van der Waals surface area contributed by atoms with Gasteiger partial charge in [0.1, 0.15) is 79.3 Å². The van der Waals surface area contributed by atoms with Gasteiger partial charge in [0.25, 0.3) is 5.56 Å². The number of hydrogen-bond acceptors (Lipinski definition) is 19.